The van der Waals surface area contributed by atoms with Crippen molar-refractivity contribution in [2.75, 3.05) is 18.8 Å². The number of hydrogen-bond donors (Lipinski definition) is 1. The van der Waals surface area contributed by atoms with Crippen LogP contribution in [0, 0.1) is 0 Å². The molecule has 1 rings (SSSR count). The van der Waals surface area contributed by atoms with Gasteiger partial charge in [0.05, 0.1) is 5.75 Å². The fourth-order valence-corrected chi connectivity index (χ4v) is 3.75. The van der Waals surface area contributed by atoms with E-state index in [4.69, 9.17) is 5.73 Å². The third-order valence-electron chi connectivity index (χ3n) is 2.85. The number of rotatable bonds is 7. The lowest BCUT2D eigenvalue weighted by Gasteiger charge is -2.22. The van der Waals surface area contributed by atoms with Crippen LogP contribution in [0.4, 0.5) is 0 Å². The fraction of sp³-hybridized carbons (Fsp3) is 0.615. The molecule has 18 heavy (non-hydrogen) atoms. The average molecular weight is 286 g/mol. The maximum atomic E-state index is 12.0. The Morgan fingerprint density at radius 1 is 1.50 bits per heavy atom. The second-order valence-electron chi connectivity index (χ2n) is 4.21. The number of amides is 1. The maximum Gasteiger partial charge on any atom is 0.232 e. The highest BCUT2D eigenvalue weighted by atomic mass is 32.2. The highest BCUT2D eigenvalue weighted by molar-refractivity contribution is 8.00. The van der Waals surface area contributed by atoms with Gasteiger partial charge in [0.15, 0.2) is 0 Å². The lowest BCUT2D eigenvalue weighted by molar-refractivity contribution is -0.127. The van der Waals surface area contributed by atoms with Gasteiger partial charge in [0, 0.05) is 24.4 Å². The number of hydrogen-bond acceptors (Lipinski definition) is 4. The summed E-state index contributed by atoms with van der Waals surface area (Å²) >= 11 is 3.32. The smallest absolute Gasteiger partial charge is 0.232 e. The summed E-state index contributed by atoms with van der Waals surface area (Å²) < 4.78 is 0. The SMILES string of the molecule is CCN(CC)C(=O)CSC(c1ccsc1)C(C)N. The van der Waals surface area contributed by atoms with Gasteiger partial charge in [0.2, 0.25) is 5.91 Å². The van der Waals surface area contributed by atoms with Crippen LogP contribution >= 0.6 is 23.1 Å². The van der Waals surface area contributed by atoms with Crippen LogP contribution in [-0.4, -0.2) is 35.7 Å². The predicted octanol–water partition coefficient (Wildman–Crippen LogP) is 2.74. The van der Waals surface area contributed by atoms with Crippen molar-refractivity contribution >= 4 is 29.0 Å². The van der Waals surface area contributed by atoms with Gasteiger partial charge >= 0.3 is 0 Å². The summed E-state index contributed by atoms with van der Waals surface area (Å²) in [7, 11) is 0. The van der Waals surface area contributed by atoms with Crippen molar-refractivity contribution in [3.8, 4) is 0 Å². The third kappa shape index (κ3) is 4.30. The first-order valence-electron chi connectivity index (χ1n) is 6.27. The van der Waals surface area contributed by atoms with Gasteiger partial charge in [0.25, 0.3) is 0 Å². The van der Waals surface area contributed by atoms with E-state index in [0.717, 1.165) is 13.1 Å². The maximum absolute atomic E-state index is 12.0. The van der Waals surface area contributed by atoms with Crippen molar-refractivity contribution in [2.45, 2.75) is 32.1 Å². The van der Waals surface area contributed by atoms with Crippen molar-refractivity contribution in [2.24, 2.45) is 5.73 Å². The summed E-state index contributed by atoms with van der Waals surface area (Å²) in [5, 5.41) is 4.37. The second kappa shape index (κ2) is 7.81. The fourth-order valence-electron chi connectivity index (χ4n) is 1.82. The second-order valence-corrected chi connectivity index (χ2v) is 6.12. The summed E-state index contributed by atoms with van der Waals surface area (Å²) in [6.07, 6.45) is 0. The van der Waals surface area contributed by atoms with Gasteiger partial charge in [-0.3, -0.25) is 4.79 Å². The normalized spacial score (nSPS) is 14.2. The highest BCUT2D eigenvalue weighted by Gasteiger charge is 2.20. The standard InChI is InChI=1S/C13H22N2OS2/c1-4-15(5-2)12(16)9-18-13(10(3)14)11-6-7-17-8-11/h6-8,10,13H,4-5,9,14H2,1-3H3. The number of nitrogens with zero attached hydrogens (tertiary/aromatic N) is 1. The van der Waals surface area contributed by atoms with Crippen LogP contribution in [0.15, 0.2) is 16.8 Å². The molecule has 0 radical (unpaired) electrons. The number of nitrogens with two attached hydrogens (primary N) is 1. The molecule has 2 N–H and O–H groups in total. The third-order valence-corrected chi connectivity index (χ3v) is 5.03. The zero-order valence-corrected chi connectivity index (χ0v) is 12.9. The van der Waals surface area contributed by atoms with Gasteiger partial charge in [-0.15, -0.1) is 11.8 Å². The molecule has 102 valence electrons. The van der Waals surface area contributed by atoms with Gasteiger partial charge in [-0.2, -0.15) is 11.3 Å². The molecular weight excluding hydrogens is 264 g/mol. The Balaban J connectivity index is 2.56. The van der Waals surface area contributed by atoms with Crippen molar-refractivity contribution in [3.05, 3.63) is 22.4 Å². The Morgan fingerprint density at radius 3 is 2.61 bits per heavy atom. The van der Waals surface area contributed by atoms with E-state index in [-0.39, 0.29) is 17.2 Å². The van der Waals surface area contributed by atoms with Crippen LogP contribution in [0.2, 0.25) is 0 Å². The quantitative estimate of drug-likeness (QED) is 0.838. The predicted molar refractivity (Wildman–Crippen MR) is 81.1 cm³/mol. The Morgan fingerprint density at radius 2 is 2.17 bits per heavy atom. The lowest BCUT2D eigenvalue weighted by atomic mass is 10.1. The van der Waals surface area contributed by atoms with Gasteiger partial charge in [-0.25, -0.2) is 0 Å². The van der Waals surface area contributed by atoms with Gasteiger partial charge in [-0.1, -0.05) is 0 Å². The molecule has 1 aromatic rings. The number of carbonyl (C=O) groups is 1. The summed E-state index contributed by atoms with van der Waals surface area (Å²) in [6, 6.07) is 2.14. The average Bonchev–Trinajstić information content (AvgIpc) is 2.84. The molecule has 5 heteroatoms. The Labute approximate surface area is 118 Å². The first-order chi connectivity index (χ1) is 8.60. The van der Waals surface area contributed by atoms with Crippen LogP contribution in [0.25, 0.3) is 0 Å². The zero-order chi connectivity index (χ0) is 13.5. The molecule has 0 aliphatic carbocycles. The Bertz CT molecular complexity index is 348. The van der Waals surface area contributed by atoms with Crippen molar-refractivity contribution < 1.29 is 4.79 Å². The van der Waals surface area contributed by atoms with Gasteiger partial charge in [0.1, 0.15) is 0 Å². The van der Waals surface area contributed by atoms with E-state index in [1.54, 1.807) is 23.1 Å². The molecule has 0 aromatic carbocycles. The molecule has 1 aromatic heterocycles. The first-order valence-corrected chi connectivity index (χ1v) is 8.26. The van der Waals surface area contributed by atoms with E-state index < -0.39 is 0 Å². The van der Waals surface area contributed by atoms with Crippen LogP contribution in [0.5, 0.6) is 0 Å². The van der Waals surface area contributed by atoms with E-state index in [1.165, 1.54) is 5.56 Å². The van der Waals surface area contributed by atoms with Crippen LogP contribution in [-0.2, 0) is 4.79 Å². The number of thiophene rings is 1. The molecular formula is C13H22N2OS2. The number of thioether (sulfide) groups is 1. The summed E-state index contributed by atoms with van der Waals surface area (Å²) in [4.78, 5) is 13.8. The van der Waals surface area contributed by atoms with Crippen molar-refractivity contribution in [3.63, 3.8) is 0 Å². The van der Waals surface area contributed by atoms with E-state index in [1.807, 2.05) is 25.7 Å². The minimum absolute atomic E-state index is 0.0501. The molecule has 0 aliphatic heterocycles. The molecule has 0 bridgehead atoms. The van der Waals surface area contributed by atoms with E-state index >= 15 is 0 Å². The Kier molecular flexibility index (Phi) is 6.75. The Hall–Kier alpha value is -0.520. The molecule has 0 aliphatic rings. The van der Waals surface area contributed by atoms with Crippen molar-refractivity contribution in [1.82, 2.24) is 4.90 Å². The van der Waals surface area contributed by atoms with Crippen LogP contribution in [0.1, 0.15) is 31.6 Å². The lowest BCUT2D eigenvalue weighted by Crippen LogP contribution is -2.33. The monoisotopic (exact) mass is 286 g/mol. The molecule has 2 unspecified atom stereocenters. The summed E-state index contributed by atoms with van der Waals surface area (Å²) in [5.41, 5.74) is 7.24. The highest BCUT2D eigenvalue weighted by Crippen LogP contribution is 2.32. The number of carbonyl (C=O) groups excluding carboxylic acids is 1. The van der Waals surface area contributed by atoms with E-state index in [2.05, 4.69) is 16.8 Å². The molecule has 0 saturated carbocycles. The molecule has 2 atom stereocenters. The summed E-state index contributed by atoms with van der Waals surface area (Å²) in [5.74, 6) is 0.704. The minimum Gasteiger partial charge on any atom is -0.343 e. The molecule has 1 amide bonds. The van der Waals surface area contributed by atoms with Gasteiger partial charge in [-0.05, 0) is 43.2 Å². The largest absolute Gasteiger partial charge is 0.343 e. The molecule has 0 saturated heterocycles. The van der Waals surface area contributed by atoms with Crippen LogP contribution < -0.4 is 5.73 Å². The molecule has 0 spiro atoms. The van der Waals surface area contributed by atoms with Crippen LogP contribution in [0.3, 0.4) is 0 Å². The summed E-state index contributed by atoms with van der Waals surface area (Å²) in [6.45, 7) is 7.56. The topological polar surface area (TPSA) is 46.3 Å². The van der Waals surface area contributed by atoms with Crippen molar-refractivity contribution in [1.29, 1.82) is 0 Å². The first kappa shape index (κ1) is 15.5. The van der Waals surface area contributed by atoms with E-state index in [0.29, 0.717) is 5.75 Å². The van der Waals surface area contributed by atoms with E-state index in [9.17, 15) is 4.79 Å². The minimum atomic E-state index is 0.0501. The zero-order valence-electron chi connectivity index (χ0n) is 11.3. The molecule has 0 fully saturated rings. The molecule has 1 heterocycles. The molecule has 3 nitrogen and oxygen atoms in total. The van der Waals surface area contributed by atoms with Gasteiger partial charge < -0.3 is 10.6 Å².